The number of fused-ring (bicyclic) bond motifs is 3. The first kappa shape index (κ1) is 34.5. The molecule has 3 aliphatic heterocycles. The minimum absolute atomic E-state index is 0.0792. The van der Waals surface area contributed by atoms with Crippen LogP contribution in [0.1, 0.15) is 69.1 Å². The van der Waals surface area contributed by atoms with Crippen LogP contribution in [-0.2, 0) is 47.0 Å². The monoisotopic (exact) mass is 697 g/mol. The third-order valence-electron chi connectivity index (χ3n) is 9.89. The van der Waals surface area contributed by atoms with Crippen LogP contribution in [0.3, 0.4) is 0 Å². The summed E-state index contributed by atoms with van der Waals surface area (Å²) in [6.45, 7) is 7.87. The van der Waals surface area contributed by atoms with Gasteiger partial charge in [0.15, 0.2) is 0 Å². The van der Waals surface area contributed by atoms with Gasteiger partial charge in [0.2, 0.25) is 21.8 Å². The Labute approximate surface area is 285 Å². The number of alkyl carbamates (subject to hydrolysis) is 1. The van der Waals surface area contributed by atoms with Gasteiger partial charge in [0, 0.05) is 18.9 Å². The van der Waals surface area contributed by atoms with Crippen molar-refractivity contribution in [1.29, 1.82) is 0 Å². The molecule has 1 aromatic carbocycles. The van der Waals surface area contributed by atoms with Crippen LogP contribution in [0.25, 0.3) is 6.08 Å². The molecule has 264 valence electrons. The van der Waals surface area contributed by atoms with Gasteiger partial charge in [-0.25, -0.2) is 18.0 Å². The summed E-state index contributed by atoms with van der Waals surface area (Å²) >= 11 is 0. The number of hydrogen-bond donors (Lipinski definition) is 3. The number of amides is 5. The summed E-state index contributed by atoms with van der Waals surface area (Å²) < 4.78 is 38.6. The second-order valence-electron chi connectivity index (χ2n) is 13.8. The number of ether oxygens (including phenoxy) is 2. The second kappa shape index (κ2) is 13.5. The minimum atomic E-state index is -3.90. The first-order valence-electron chi connectivity index (χ1n) is 16.8. The molecule has 2 aliphatic carbocycles. The second-order valence-corrected chi connectivity index (χ2v) is 15.8. The van der Waals surface area contributed by atoms with Crippen molar-refractivity contribution in [3.05, 3.63) is 53.6 Å². The Balaban J connectivity index is 1.26. The molecule has 0 unspecified atom stereocenters. The highest BCUT2D eigenvalue weighted by Crippen LogP contribution is 2.45. The molecule has 3 heterocycles. The first-order chi connectivity index (χ1) is 23.3. The van der Waals surface area contributed by atoms with Gasteiger partial charge in [-0.2, -0.15) is 0 Å². The van der Waals surface area contributed by atoms with E-state index in [0.717, 1.165) is 16.7 Å². The molecule has 5 atom stereocenters. The maximum absolute atomic E-state index is 14.1. The zero-order chi connectivity index (χ0) is 35.1. The third-order valence-corrected chi connectivity index (χ3v) is 11.7. The quantitative estimate of drug-likeness (QED) is 0.361. The lowest BCUT2D eigenvalue weighted by Gasteiger charge is -2.31. The standard InChI is InChI=1S/C34H43N5O9S/c1-4-23-16-34(23,31(42)37-49(45,46)25-12-13-25)36-29(40)27-15-24-18-39(27)30(41)28(20(2)3)35-32(43)47-14-7-5-6-9-21-10-8-11-22-17-38(19-26(21)22)33(44)48-24/h4,6,8-11,20,23-25,27-28H,1,5,7,12-19H2,2-3H3,(H,35,43)(H,36,40)(H,37,42)/b9-6+/t23-,24-,27+,28+,34+/m1/s1. The molecule has 5 aliphatic rings. The Morgan fingerprint density at radius 1 is 1.16 bits per heavy atom. The number of cyclic esters (lactones) is 1. The van der Waals surface area contributed by atoms with Crippen molar-refractivity contribution in [3.8, 4) is 0 Å². The van der Waals surface area contributed by atoms with E-state index in [4.69, 9.17) is 9.47 Å². The van der Waals surface area contributed by atoms with Gasteiger partial charge in [-0.1, -0.05) is 50.3 Å². The minimum Gasteiger partial charge on any atom is -0.450 e. The SMILES string of the molecule is C=C[C@@H]1C[C@@]1(NC(=O)[C@@H]1C[C@@H]2CN1C(=O)[C@H](C(C)C)NC(=O)OCCC/C=C/c1cccc3c1CN(C3)C(=O)O2)C(=O)NS(=O)(=O)C1CC1. The van der Waals surface area contributed by atoms with Crippen molar-refractivity contribution in [2.45, 2.75) is 94.4 Å². The molecule has 6 rings (SSSR count). The molecule has 2 saturated carbocycles. The van der Waals surface area contributed by atoms with Crippen molar-refractivity contribution < 1.29 is 41.9 Å². The number of carbonyl (C=O) groups is 5. The smallest absolute Gasteiger partial charge is 0.410 e. The van der Waals surface area contributed by atoms with E-state index in [1.54, 1.807) is 18.7 Å². The number of sulfonamides is 1. The normalized spacial score (nSPS) is 29.5. The van der Waals surface area contributed by atoms with Crippen LogP contribution in [0.15, 0.2) is 36.9 Å². The molecule has 5 amide bonds. The predicted octanol–water partition coefficient (Wildman–Crippen LogP) is 2.34. The number of allylic oxidation sites excluding steroid dienone is 1. The molecule has 0 aromatic heterocycles. The van der Waals surface area contributed by atoms with E-state index >= 15 is 0 Å². The van der Waals surface area contributed by atoms with Crippen molar-refractivity contribution in [3.63, 3.8) is 0 Å². The van der Waals surface area contributed by atoms with Crippen LogP contribution in [0, 0.1) is 11.8 Å². The molecule has 4 bridgehead atoms. The van der Waals surface area contributed by atoms with Crippen molar-refractivity contribution in [2.24, 2.45) is 11.8 Å². The molecule has 3 N–H and O–H groups in total. The van der Waals surface area contributed by atoms with Crippen molar-refractivity contribution in [1.82, 2.24) is 25.2 Å². The van der Waals surface area contributed by atoms with Crippen LogP contribution in [0.5, 0.6) is 0 Å². The van der Waals surface area contributed by atoms with Crippen LogP contribution < -0.4 is 15.4 Å². The third kappa shape index (κ3) is 7.17. The molecule has 14 nitrogen and oxygen atoms in total. The Morgan fingerprint density at radius 2 is 1.94 bits per heavy atom. The van der Waals surface area contributed by atoms with Gasteiger partial charge in [0.25, 0.3) is 5.91 Å². The summed E-state index contributed by atoms with van der Waals surface area (Å²) in [7, 11) is -3.90. The summed E-state index contributed by atoms with van der Waals surface area (Å²) in [4.78, 5) is 70.6. The summed E-state index contributed by atoms with van der Waals surface area (Å²) in [5, 5.41) is 4.71. The largest absolute Gasteiger partial charge is 0.450 e. The molecule has 49 heavy (non-hydrogen) atoms. The molecule has 15 heteroatoms. The lowest BCUT2D eigenvalue weighted by Crippen LogP contribution is -2.59. The Kier molecular flexibility index (Phi) is 9.48. The van der Waals surface area contributed by atoms with Crippen LogP contribution in [-0.4, -0.2) is 90.3 Å². The van der Waals surface area contributed by atoms with Gasteiger partial charge < -0.3 is 25.0 Å². The summed E-state index contributed by atoms with van der Waals surface area (Å²) in [6.07, 6.45) is 5.33. The molecule has 1 aromatic rings. The lowest BCUT2D eigenvalue weighted by molar-refractivity contribution is -0.141. The zero-order valence-electron chi connectivity index (χ0n) is 27.7. The maximum Gasteiger partial charge on any atom is 0.410 e. The van der Waals surface area contributed by atoms with Crippen LogP contribution in [0.4, 0.5) is 9.59 Å². The Hall–Kier alpha value is -4.40. The number of nitrogens with one attached hydrogen (secondary N) is 3. The summed E-state index contributed by atoms with van der Waals surface area (Å²) in [6, 6.07) is 3.58. The Morgan fingerprint density at radius 3 is 2.63 bits per heavy atom. The molecule has 3 fully saturated rings. The number of nitrogens with zero attached hydrogens (tertiary/aromatic N) is 2. The molecule has 1 saturated heterocycles. The van der Waals surface area contributed by atoms with Gasteiger partial charge in [-0.05, 0) is 54.7 Å². The van der Waals surface area contributed by atoms with Crippen molar-refractivity contribution >= 4 is 46.0 Å². The van der Waals surface area contributed by atoms with E-state index in [0.29, 0.717) is 38.8 Å². The number of rotatable bonds is 7. The average molecular weight is 698 g/mol. The number of hydrogen-bond acceptors (Lipinski definition) is 9. The van der Waals surface area contributed by atoms with E-state index in [1.807, 2.05) is 30.4 Å². The van der Waals surface area contributed by atoms with Crippen LogP contribution in [0.2, 0.25) is 0 Å². The highest BCUT2D eigenvalue weighted by Gasteiger charge is 2.62. The summed E-state index contributed by atoms with van der Waals surface area (Å²) in [5.41, 5.74) is 1.39. The predicted molar refractivity (Wildman–Crippen MR) is 177 cm³/mol. The van der Waals surface area contributed by atoms with E-state index in [2.05, 4.69) is 21.9 Å². The van der Waals surface area contributed by atoms with Gasteiger partial charge in [0.05, 0.1) is 24.9 Å². The van der Waals surface area contributed by atoms with E-state index < -0.39 is 80.7 Å². The van der Waals surface area contributed by atoms with E-state index in [9.17, 15) is 32.4 Å². The Bertz CT molecular complexity index is 1690. The average Bonchev–Trinajstić information content (AvgIpc) is 3.95. The first-order valence-corrected chi connectivity index (χ1v) is 18.3. The topological polar surface area (TPSA) is 181 Å². The van der Waals surface area contributed by atoms with Crippen molar-refractivity contribution in [2.75, 3.05) is 13.2 Å². The maximum atomic E-state index is 14.1. The van der Waals surface area contributed by atoms with Crippen LogP contribution >= 0.6 is 0 Å². The van der Waals surface area contributed by atoms with E-state index in [1.165, 1.54) is 11.0 Å². The highest BCUT2D eigenvalue weighted by atomic mass is 32.2. The number of carbonyl (C=O) groups excluding carboxylic acids is 5. The lowest BCUT2D eigenvalue weighted by atomic mass is 10.0. The fraction of sp³-hybridized carbons (Fsp3) is 0.559. The fourth-order valence-electron chi connectivity index (χ4n) is 6.78. The van der Waals surface area contributed by atoms with E-state index in [-0.39, 0.29) is 26.0 Å². The fourth-order valence-corrected chi connectivity index (χ4v) is 8.15. The highest BCUT2D eigenvalue weighted by molar-refractivity contribution is 7.91. The molecule has 0 radical (unpaired) electrons. The van der Waals surface area contributed by atoms with Gasteiger partial charge in [-0.3, -0.25) is 24.0 Å². The number of benzene rings is 1. The summed E-state index contributed by atoms with van der Waals surface area (Å²) in [5.74, 6) is -3.11. The zero-order valence-corrected chi connectivity index (χ0v) is 28.5. The molecular weight excluding hydrogens is 654 g/mol. The molecule has 0 spiro atoms. The van der Waals surface area contributed by atoms with Gasteiger partial charge >= 0.3 is 12.2 Å². The van der Waals surface area contributed by atoms with Gasteiger partial charge in [0.1, 0.15) is 23.7 Å². The van der Waals surface area contributed by atoms with Gasteiger partial charge in [-0.15, -0.1) is 6.58 Å². The molecular formula is C34H43N5O9S.